The SMILES string of the molecule is COc1cc(Cl)c(C(O)C(=O)O)c(Cl)c1. The minimum absolute atomic E-state index is 0.0355. The number of rotatable bonds is 3. The molecule has 2 N–H and O–H groups in total. The van der Waals surface area contributed by atoms with Gasteiger partial charge in [-0.1, -0.05) is 23.2 Å². The summed E-state index contributed by atoms with van der Waals surface area (Å²) in [5.74, 6) is -1.02. The van der Waals surface area contributed by atoms with Gasteiger partial charge in [0, 0.05) is 5.56 Å². The molecule has 0 aromatic heterocycles. The predicted octanol–water partition coefficient (Wildman–Crippen LogP) is 2.12. The number of carboxylic acid groups (broad SMARTS) is 1. The van der Waals surface area contributed by atoms with Crippen molar-refractivity contribution in [2.45, 2.75) is 6.10 Å². The number of carboxylic acids is 1. The summed E-state index contributed by atoms with van der Waals surface area (Å²) >= 11 is 11.5. The first-order valence-electron chi connectivity index (χ1n) is 3.91. The number of aliphatic hydroxyl groups excluding tert-OH is 1. The van der Waals surface area contributed by atoms with Crippen LogP contribution in [0.4, 0.5) is 0 Å². The van der Waals surface area contributed by atoms with Crippen LogP contribution in [0.25, 0.3) is 0 Å². The highest BCUT2D eigenvalue weighted by atomic mass is 35.5. The molecule has 0 bridgehead atoms. The van der Waals surface area contributed by atoms with Crippen molar-refractivity contribution in [1.82, 2.24) is 0 Å². The van der Waals surface area contributed by atoms with Crippen molar-refractivity contribution in [1.29, 1.82) is 0 Å². The van der Waals surface area contributed by atoms with Crippen molar-refractivity contribution in [2.75, 3.05) is 7.11 Å². The highest BCUT2D eigenvalue weighted by Crippen LogP contribution is 2.34. The maximum absolute atomic E-state index is 10.6. The molecule has 1 atom stereocenters. The van der Waals surface area contributed by atoms with Gasteiger partial charge in [0.2, 0.25) is 0 Å². The van der Waals surface area contributed by atoms with E-state index < -0.39 is 12.1 Å². The minimum Gasteiger partial charge on any atom is -0.497 e. The molecule has 0 aliphatic rings. The van der Waals surface area contributed by atoms with E-state index in [1.54, 1.807) is 0 Å². The first-order valence-corrected chi connectivity index (χ1v) is 4.66. The Labute approximate surface area is 96.0 Å². The molecule has 4 nitrogen and oxygen atoms in total. The van der Waals surface area contributed by atoms with Gasteiger partial charge in [-0.2, -0.15) is 0 Å². The molecule has 6 heteroatoms. The van der Waals surface area contributed by atoms with Crippen molar-refractivity contribution in [3.63, 3.8) is 0 Å². The van der Waals surface area contributed by atoms with Crippen LogP contribution in [0, 0.1) is 0 Å². The monoisotopic (exact) mass is 250 g/mol. The average molecular weight is 251 g/mol. The Morgan fingerprint density at radius 3 is 2.20 bits per heavy atom. The summed E-state index contributed by atoms with van der Waals surface area (Å²) in [7, 11) is 1.43. The van der Waals surface area contributed by atoms with Crippen molar-refractivity contribution < 1.29 is 19.7 Å². The molecule has 82 valence electrons. The van der Waals surface area contributed by atoms with Crippen LogP contribution in [0.15, 0.2) is 12.1 Å². The summed E-state index contributed by atoms with van der Waals surface area (Å²) in [6.45, 7) is 0. The fourth-order valence-electron chi connectivity index (χ4n) is 1.06. The lowest BCUT2D eigenvalue weighted by molar-refractivity contribution is -0.146. The van der Waals surface area contributed by atoms with Crippen molar-refractivity contribution in [3.8, 4) is 5.75 Å². The fourth-order valence-corrected chi connectivity index (χ4v) is 1.74. The summed E-state index contributed by atoms with van der Waals surface area (Å²) in [6, 6.07) is 2.77. The molecule has 1 unspecified atom stereocenters. The summed E-state index contributed by atoms with van der Waals surface area (Å²) < 4.78 is 4.87. The Balaban J connectivity index is 3.25. The Kier molecular flexibility index (Phi) is 3.79. The van der Waals surface area contributed by atoms with Gasteiger partial charge in [-0.05, 0) is 12.1 Å². The first kappa shape index (κ1) is 12.1. The summed E-state index contributed by atoms with van der Waals surface area (Å²) in [4.78, 5) is 10.6. The summed E-state index contributed by atoms with van der Waals surface area (Å²) in [5, 5.41) is 18.0. The van der Waals surface area contributed by atoms with Gasteiger partial charge in [-0.25, -0.2) is 4.79 Å². The number of methoxy groups -OCH3 is 1. The van der Waals surface area contributed by atoms with Gasteiger partial charge in [-0.3, -0.25) is 0 Å². The lowest BCUT2D eigenvalue weighted by atomic mass is 10.1. The van der Waals surface area contributed by atoms with E-state index in [1.807, 2.05) is 0 Å². The average Bonchev–Trinajstić information content (AvgIpc) is 2.16. The zero-order valence-corrected chi connectivity index (χ0v) is 9.21. The molecule has 0 spiro atoms. The molecule has 1 rings (SSSR count). The van der Waals surface area contributed by atoms with E-state index in [4.69, 9.17) is 33.0 Å². The topological polar surface area (TPSA) is 66.8 Å². The second-order valence-corrected chi connectivity index (χ2v) is 3.56. The van der Waals surface area contributed by atoms with Gasteiger partial charge >= 0.3 is 5.97 Å². The van der Waals surface area contributed by atoms with Crippen LogP contribution in [0.3, 0.4) is 0 Å². The summed E-state index contributed by atoms with van der Waals surface area (Å²) in [5.41, 5.74) is -0.0355. The molecular weight excluding hydrogens is 243 g/mol. The van der Waals surface area contributed by atoms with Crippen LogP contribution in [-0.4, -0.2) is 23.3 Å². The standard InChI is InChI=1S/C9H8Cl2O4/c1-15-4-2-5(10)7(6(11)3-4)8(12)9(13)14/h2-3,8,12H,1H3,(H,13,14). The molecule has 0 saturated carbocycles. The predicted molar refractivity (Wildman–Crippen MR) is 55.6 cm³/mol. The van der Waals surface area contributed by atoms with Gasteiger partial charge in [-0.15, -0.1) is 0 Å². The van der Waals surface area contributed by atoms with Gasteiger partial charge in [0.05, 0.1) is 17.2 Å². The molecule has 0 aliphatic heterocycles. The quantitative estimate of drug-likeness (QED) is 0.863. The molecular formula is C9H8Cl2O4. The highest BCUT2D eigenvalue weighted by Gasteiger charge is 2.22. The number of aliphatic carboxylic acids is 1. The molecule has 0 aliphatic carbocycles. The normalized spacial score (nSPS) is 12.3. The van der Waals surface area contributed by atoms with Crippen LogP contribution in [-0.2, 0) is 4.79 Å². The van der Waals surface area contributed by atoms with E-state index in [1.165, 1.54) is 19.2 Å². The Bertz CT molecular complexity index is 369. The van der Waals surface area contributed by atoms with Crippen molar-refractivity contribution in [2.24, 2.45) is 0 Å². The third-order valence-electron chi connectivity index (χ3n) is 1.80. The van der Waals surface area contributed by atoms with Gasteiger partial charge in [0.25, 0.3) is 0 Å². The molecule has 0 radical (unpaired) electrons. The lowest BCUT2D eigenvalue weighted by Crippen LogP contribution is -2.11. The lowest BCUT2D eigenvalue weighted by Gasteiger charge is -2.11. The van der Waals surface area contributed by atoms with Crippen LogP contribution >= 0.6 is 23.2 Å². The Hall–Kier alpha value is -0.970. The van der Waals surface area contributed by atoms with Gasteiger partial charge in [0.15, 0.2) is 6.10 Å². The largest absolute Gasteiger partial charge is 0.497 e. The van der Waals surface area contributed by atoms with E-state index in [2.05, 4.69) is 0 Å². The second kappa shape index (κ2) is 4.70. The zero-order chi connectivity index (χ0) is 11.6. The molecule has 0 amide bonds. The van der Waals surface area contributed by atoms with Crippen LogP contribution in [0.2, 0.25) is 10.0 Å². The van der Waals surface area contributed by atoms with E-state index in [-0.39, 0.29) is 15.6 Å². The molecule has 1 aromatic rings. The molecule has 1 aromatic carbocycles. The minimum atomic E-state index is -1.74. The maximum atomic E-state index is 10.6. The maximum Gasteiger partial charge on any atom is 0.337 e. The van der Waals surface area contributed by atoms with Crippen molar-refractivity contribution >= 4 is 29.2 Å². The first-order chi connectivity index (χ1) is 6.97. The molecule has 0 heterocycles. The van der Waals surface area contributed by atoms with E-state index >= 15 is 0 Å². The Morgan fingerprint density at radius 2 is 1.87 bits per heavy atom. The second-order valence-electron chi connectivity index (χ2n) is 2.75. The number of benzene rings is 1. The van der Waals surface area contributed by atoms with Gasteiger partial charge in [0.1, 0.15) is 5.75 Å². The third-order valence-corrected chi connectivity index (χ3v) is 2.42. The highest BCUT2D eigenvalue weighted by molar-refractivity contribution is 6.36. The van der Waals surface area contributed by atoms with E-state index in [9.17, 15) is 9.90 Å². The summed E-state index contributed by atoms with van der Waals surface area (Å²) in [6.07, 6.45) is -1.74. The zero-order valence-electron chi connectivity index (χ0n) is 7.70. The smallest absolute Gasteiger partial charge is 0.337 e. The van der Waals surface area contributed by atoms with Crippen LogP contribution in [0.1, 0.15) is 11.7 Å². The van der Waals surface area contributed by atoms with E-state index in [0.29, 0.717) is 5.75 Å². The van der Waals surface area contributed by atoms with Gasteiger partial charge < -0.3 is 14.9 Å². The molecule has 15 heavy (non-hydrogen) atoms. The van der Waals surface area contributed by atoms with Crippen LogP contribution < -0.4 is 4.74 Å². The number of ether oxygens (including phenoxy) is 1. The third kappa shape index (κ3) is 2.53. The molecule has 0 fully saturated rings. The van der Waals surface area contributed by atoms with E-state index in [0.717, 1.165) is 0 Å². The fraction of sp³-hybridized carbons (Fsp3) is 0.222. The number of halogens is 2. The number of hydrogen-bond donors (Lipinski definition) is 2. The number of carbonyl (C=O) groups is 1. The van der Waals surface area contributed by atoms with Crippen molar-refractivity contribution in [3.05, 3.63) is 27.7 Å². The molecule has 0 saturated heterocycles. The van der Waals surface area contributed by atoms with Crippen LogP contribution in [0.5, 0.6) is 5.75 Å². The number of hydrogen-bond acceptors (Lipinski definition) is 3. The number of aliphatic hydroxyl groups is 1. The Morgan fingerprint density at radius 1 is 1.40 bits per heavy atom.